The standard InChI is InChI=1S/C26H22F2N2O3/c1-15-10-19-22(31)12-26(13-30(2)14-26)33-23(19)11-18(15)16-6-8-17(9-7-16)29-25(32)24-20(27)4-3-5-21(24)28/h3-11H,12-14H2,1-2H3,(H,29,32). The minimum Gasteiger partial charge on any atom is -0.483 e. The second-order valence-corrected chi connectivity index (χ2v) is 8.85. The number of carbonyl (C=O) groups is 2. The SMILES string of the molecule is Cc1cc2c(cc1-c1ccc(NC(=O)c3c(F)cccc3F)cc1)OC1(CC2=O)CN(C)C1. The lowest BCUT2D eigenvalue weighted by molar-refractivity contribution is -0.0689. The summed E-state index contributed by atoms with van der Waals surface area (Å²) in [6.07, 6.45) is 0.389. The van der Waals surface area contributed by atoms with E-state index in [2.05, 4.69) is 10.2 Å². The Morgan fingerprint density at radius 1 is 1.03 bits per heavy atom. The Labute approximate surface area is 190 Å². The van der Waals surface area contributed by atoms with Gasteiger partial charge in [0.25, 0.3) is 5.91 Å². The molecular formula is C26H22F2N2O3. The van der Waals surface area contributed by atoms with Crippen molar-refractivity contribution in [1.29, 1.82) is 0 Å². The van der Waals surface area contributed by atoms with Crippen molar-refractivity contribution in [3.05, 3.63) is 82.9 Å². The molecule has 1 fully saturated rings. The molecule has 0 radical (unpaired) electrons. The smallest absolute Gasteiger partial charge is 0.261 e. The van der Waals surface area contributed by atoms with Crippen molar-refractivity contribution in [2.24, 2.45) is 0 Å². The van der Waals surface area contributed by atoms with Crippen molar-refractivity contribution >= 4 is 17.4 Å². The van der Waals surface area contributed by atoms with Crippen molar-refractivity contribution < 1.29 is 23.1 Å². The molecule has 33 heavy (non-hydrogen) atoms. The zero-order chi connectivity index (χ0) is 23.3. The van der Waals surface area contributed by atoms with Crippen molar-refractivity contribution in [3.63, 3.8) is 0 Å². The highest BCUT2D eigenvalue weighted by atomic mass is 19.1. The number of likely N-dealkylation sites (N-methyl/N-ethyl adjacent to an activating group) is 1. The predicted octanol–water partition coefficient (Wildman–Crippen LogP) is 4.84. The number of halogens is 2. The Hall–Kier alpha value is -3.58. The van der Waals surface area contributed by atoms with Gasteiger partial charge in [-0.1, -0.05) is 18.2 Å². The number of fused-ring (bicyclic) bond motifs is 1. The van der Waals surface area contributed by atoms with Gasteiger partial charge in [0.15, 0.2) is 5.78 Å². The number of nitrogens with zero attached hydrogens (tertiary/aromatic N) is 1. The van der Waals surface area contributed by atoms with Crippen LogP contribution in [-0.2, 0) is 0 Å². The summed E-state index contributed by atoms with van der Waals surface area (Å²) >= 11 is 0. The first kappa shape index (κ1) is 21.3. The van der Waals surface area contributed by atoms with Gasteiger partial charge in [-0.15, -0.1) is 0 Å². The third kappa shape index (κ3) is 3.78. The summed E-state index contributed by atoms with van der Waals surface area (Å²) in [5.41, 5.74) is 2.65. The maximum atomic E-state index is 13.9. The Morgan fingerprint density at radius 2 is 1.70 bits per heavy atom. The van der Waals surface area contributed by atoms with Crippen LogP contribution in [0.3, 0.4) is 0 Å². The lowest BCUT2D eigenvalue weighted by Crippen LogP contribution is -2.65. The molecule has 0 aromatic heterocycles. The van der Waals surface area contributed by atoms with E-state index in [1.54, 1.807) is 24.3 Å². The number of amides is 1. The Balaban J connectivity index is 1.40. The number of anilines is 1. The second kappa shape index (κ2) is 7.78. The first-order valence-electron chi connectivity index (χ1n) is 10.7. The number of Topliss-reactive ketones (excluding diaryl/α,β-unsaturated/α-hetero) is 1. The van der Waals surface area contributed by atoms with E-state index < -0.39 is 28.7 Å². The van der Waals surface area contributed by atoms with Crippen molar-refractivity contribution in [2.45, 2.75) is 18.9 Å². The van der Waals surface area contributed by atoms with Crippen LogP contribution in [0.2, 0.25) is 0 Å². The highest BCUT2D eigenvalue weighted by Crippen LogP contribution is 2.41. The van der Waals surface area contributed by atoms with Gasteiger partial charge < -0.3 is 10.1 Å². The van der Waals surface area contributed by atoms with Gasteiger partial charge in [-0.2, -0.15) is 0 Å². The van der Waals surface area contributed by atoms with Crippen LogP contribution in [0.25, 0.3) is 11.1 Å². The molecule has 5 rings (SSSR count). The van der Waals surface area contributed by atoms with E-state index >= 15 is 0 Å². The van der Waals surface area contributed by atoms with E-state index in [1.165, 1.54) is 6.07 Å². The van der Waals surface area contributed by atoms with E-state index in [-0.39, 0.29) is 5.78 Å². The molecule has 0 atom stereocenters. The van der Waals surface area contributed by atoms with Gasteiger partial charge in [-0.25, -0.2) is 8.78 Å². The number of nitrogens with one attached hydrogen (secondary N) is 1. The van der Waals surface area contributed by atoms with Gasteiger partial charge >= 0.3 is 0 Å². The maximum Gasteiger partial charge on any atom is 0.261 e. The van der Waals surface area contributed by atoms with Crippen molar-refractivity contribution in [1.82, 2.24) is 4.90 Å². The number of likely N-dealkylation sites (tertiary alicyclic amines) is 1. The van der Waals surface area contributed by atoms with E-state index in [0.717, 1.165) is 41.9 Å². The van der Waals surface area contributed by atoms with Gasteiger partial charge in [-0.3, -0.25) is 14.5 Å². The molecule has 0 saturated carbocycles. The highest BCUT2D eigenvalue weighted by molar-refractivity contribution is 6.05. The number of carbonyl (C=O) groups excluding carboxylic acids is 2. The first-order chi connectivity index (χ1) is 15.7. The fourth-order valence-corrected chi connectivity index (χ4v) is 4.71. The van der Waals surface area contributed by atoms with Crippen molar-refractivity contribution in [2.75, 3.05) is 25.5 Å². The number of ether oxygens (including phenoxy) is 1. The first-order valence-corrected chi connectivity index (χ1v) is 10.7. The molecule has 1 N–H and O–H groups in total. The molecule has 2 aliphatic heterocycles. The quantitative estimate of drug-likeness (QED) is 0.623. The summed E-state index contributed by atoms with van der Waals surface area (Å²) in [5.74, 6) is -2.01. The molecule has 5 nitrogen and oxygen atoms in total. The fraction of sp³-hybridized carbons (Fsp3) is 0.231. The fourth-order valence-electron chi connectivity index (χ4n) is 4.71. The third-order valence-electron chi connectivity index (χ3n) is 6.20. The minimum atomic E-state index is -0.918. The van der Waals surface area contributed by atoms with Crippen LogP contribution in [0.4, 0.5) is 14.5 Å². The number of ketones is 1. The topological polar surface area (TPSA) is 58.6 Å². The van der Waals surface area contributed by atoms with Gasteiger partial charge in [0.05, 0.1) is 12.0 Å². The second-order valence-electron chi connectivity index (χ2n) is 8.85. The van der Waals surface area contributed by atoms with Crippen LogP contribution in [0.1, 0.15) is 32.7 Å². The van der Waals surface area contributed by atoms with E-state index in [9.17, 15) is 18.4 Å². The normalized spacial score (nSPS) is 16.7. The summed E-state index contributed by atoms with van der Waals surface area (Å²) in [6, 6.07) is 14.0. The predicted molar refractivity (Wildman–Crippen MR) is 121 cm³/mol. The minimum absolute atomic E-state index is 0.0948. The summed E-state index contributed by atoms with van der Waals surface area (Å²) in [7, 11) is 2.00. The molecular weight excluding hydrogens is 426 g/mol. The van der Waals surface area contributed by atoms with Gasteiger partial charge in [0.2, 0.25) is 0 Å². The molecule has 168 valence electrons. The molecule has 0 unspecified atom stereocenters. The van der Waals surface area contributed by atoms with Crippen LogP contribution in [0.5, 0.6) is 5.75 Å². The molecule has 2 aliphatic rings. The Morgan fingerprint density at radius 3 is 2.33 bits per heavy atom. The van der Waals surface area contributed by atoms with Crippen molar-refractivity contribution in [3.8, 4) is 16.9 Å². The molecule has 1 spiro atoms. The Bertz CT molecular complexity index is 1260. The van der Waals surface area contributed by atoms with Crippen LogP contribution < -0.4 is 10.1 Å². The Kier molecular flexibility index (Phi) is 5.01. The van der Waals surface area contributed by atoms with Crippen LogP contribution in [0, 0.1) is 18.6 Å². The van der Waals surface area contributed by atoms with Gasteiger partial charge in [0.1, 0.15) is 28.5 Å². The lowest BCUT2D eigenvalue weighted by atomic mass is 9.83. The number of hydrogen-bond donors (Lipinski definition) is 1. The average molecular weight is 448 g/mol. The number of rotatable bonds is 3. The van der Waals surface area contributed by atoms with Gasteiger partial charge in [0, 0.05) is 18.8 Å². The molecule has 7 heteroatoms. The van der Waals surface area contributed by atoms with Crippen LogP contribution in [-0.4, -0.2) is 42.3 Å². The summed E-state index contributed by atoms with van der Waals surface area (Å²) in [4.78, 5) is 27.2. The monoisotopic (exact) mass is 448 g/mol. The molecule has 3 aromatic rings. The van der Waals surface area contributed by atoms with Crippen LogP contribution >= 0.6 is 0 Å². The molecule has 0 aliphatic carbocycles. The summed E-state index contributed by atoms with van der Waals surface area (Å²) in [6.45, 7) is 3.37. The molecule has 0 bridgehead atoms. The van der Waals surface area contributed by atoms with Gasteiger partial charge in [-0.05, 0) is 67.1 Å². The van der Waals surface area contributed by atoms with Crippen LogP contribution in [0.15, 0.2) is 54.6 Å². The number of hydrogen-bond acceptors (Lipinski definition) is 4. The zero-order valence-electron chi connectivity index (χ0n) is 18.2. The lowest BCUT2D eigenvalue weighted by Gasteiger charge is -2.50. The molecule has 1 saturated heterocycles. The van der Waals surface area contributed by atoms with E-state index in [4.69, 9.17) is 4.74 Å². The zero-order valence-corrected chi connectivity index (χ0v) is 18.2. The molecule has 3 aromatic carbocycles. The maximum absolute atomic E-state index is 13.9. The number of benzene rings is 3. The molecule has 2 heterocycles. The van der Waals surface area contributed by atoms with E-state index in [0.29, 0.717) is 23.4 Å². The highest BCUT2D eigenvalue weighted by Gasteiger charge is 2.48. The average Bonchev–Trinajstić information content (AvgIpc) is 2.74. The summed E-state index contributed by atoms with van der Waals surface area (Å²) in [5, 5.41) is 2.53. The molecule has 1 amide bonds. The number of aryl methyl sites for hydroxylation is 1. The largest absolute Gasteiger partial charge is 0.483 e. The third-order valence-corrected chi connectivity index (χ3v) is 6.20. The van der Waals surface area contributed by atoms with E-state index in [1.807, 2.05) is 26.1 Å². The summed E-state index contributed by atoms with van der Waals surface area (Å²) < 4.78 is 34.0.